The third kappa shape index (κ3) is 4.76. The number of hydrogen-bond acceptors (Lipinski definition) is 4. The quantitative estimate of drug-likeness (QED) is 0.777. The van der Waals surface area contributed by atoms with Gasteiger partial charge in [-0.05, 0) is 55.2 Å². The lowest BCUT2D eigenvalue weighted by Gasteiger charge is -2.31. The average Bonchev–Trinajstić information content (AvgIpc) is 2.74. The Kier molecular flexibility index (Phi) is 6.54. The highest BCUT2D eigenvalue weighted by molar-refractivity contribution is 7.89. The maximum Gasteiger partial charge on any atom is 0.246 e. The Morgan fingerprint density at radius 2 is 1.97 bits per heavy atom. The van der Waals surface area contributed by atoms with Crippen LogP contribution in [0, 0.1) is 11.7 Å². The number of carbonyl (C=O) groups is 1. The topological polar surface area (TPSA) is 75.7 Å². The van der Waals surface area contributed by atoms with Crippen LogP contribution in [0.25, 0.3) is 0 Å². The summed E-state index contributed by atoms with van der Waals surface area (Å²) in [6.45, 7) is 2.37. The lowest BCUT2D eigenvalue weighted by atomic mass is 9.98. The SMILES string of the molecule is CCc1ccc(NC(=O)[C@@H]2CCCN(S(=O)(=O)c3cc(F)ccc3OC)C2)cc1. The molecular formula is C21H25FN2O4S. The summed E-state index contributed by atoms with van der Waals surface area (Å²) in [5, 5.41) is 2.86. The molecule has 29 heavy (non-hydrogen) atoms. The van der Waals surface area contributed by atoms with Crippen molar-refractivity contribution in [3.8, 4) is 5.75 Å². The first-order chi connectivity index (χ1) is 13.8. The molecule has 2 aromatic rings. The van der Waals surface area contributed by atoms with E-state index in [4.69, 9.17) is 4.74 Å². The molecule has 1 N–H and O–H groups in total. The van der Waals surface area contributed by atoms with E-state index in [1.165, 1.54) is 23.0 Å². The van der Waals surface area contributed by atoms with Crippen LogP contribution in [-0.2, 0) is 21.2 Å². The largest absolute Gasteiger partial charge is 0.495 e. The normalized spacial score (nSPS) is 17.7. The van der Waals surface area contributed by atoms with Crippen LogP contribution in [0.1, 0.15) is 25.3 Å². The van der Waals surface area contributed by atoms with Gasteiger partial charge in [0.15, 0.2) is 0 Å². The number of methoxy groups -OCH3 is 1. The first-order valence-corrected chi connectivity index (χ1v) is 11.0. The second kappa shape index (κ2) is 8.92. The summed E-state index contributed by atoms with van der Waals surface area (Å²) in [6, 6.07) is 11.0. The summed E-state index contributed by atoms with van der Waals surface area (Å²) >= 11 is 0. The van der Waals surface area contributed by atoms with Gasteiger partial charge in [0.1, 0.15) is 16.5 Å². The van der Waals surface area contributed by atoms with Crippen molar-refractivity contribution in [2.45, 2.75) is 31.1 Å². The van der Waals surface area contributed by atoms with Crippen molar-refractivity contribution < 1.29 is 22.3 Å². The molecule has 8 heteroatoms. The van der Waals surface area contributed by atoms with Crippen LogP contribution < -0.4 is 10.1 Å². The van der Waals surface area contributed by atoms with Crippen LogP contribution in [0.5, 0.6) is 5.75 Å². The van der Waals surface area contributed by atoms with E-state index in [0.717, 1.165) is 18.6 Å². The number of carbonyl (C=O) groups excluding carboxylic acids is 1. The monoisotopic (exact) mass is 420 g/mol. The van der Waals surface area contributed by atoms with Gasteiger partial charge in [-0.1, -0.05) is 19.1 Å². The van der Waals surface area contributed by atoms with Crippen molar-refractivity contribution in [3.05, 3.63) is 53.8 Å². The van der Waals surface area contributed by atoms with Crippen LogP contribution >= 0.6 is 0 Å². The molecule has 3 rings (SSSR count). The van der Waals surface area contributed by atoms with Crippen molar-refractivity contribution >= 4 is 21.6 Å². The summed E-state index contributed by atoms with van der Waals surface area (Å²) in [6.07, 6.45) is 2.04. The van der Waals surface area contributed by atoms with Gasteiger partial charge in [0.05, 0.1) is 13.0 Å². The van der Waals surface area contributed by atoms with Crippen LogP contribution in [0.15, 0.2) is 47.4 Å². The predicted molar refractivity (Wildman–Crippen MR) is 109 cm³/mol. The van der Waals surface area contributed by atoms with E-state index in [0.29, 0.717) is 18.5 Å². The molecule has 0 saturated carbocycles. The minimum atomic E-state index is -3.99. The Bertz CT molecular complexity index is 977. The Hall–Kier alpha value is -2.45. The van der Waals surface area contributed by atoms with E-state index in [2.05, 4.69) is 12.2 Å². The highest BCUT2D eigenvalue weighted by Gasteiger charge is 2.35. The summed E-state index contributed by atoms with van der Waals surface area (Å²) in [5.41, 5.74) is 1.85. The molecule has 2 aromatic carbocycles. The van der Waals surface area contributed by atoms with Crippen LogP contribution in [0.4, 0.5) is 10.1 Å². The number of sulfonamides is 1. The third-order valence-electron chi connectivity index (χ3n) is 5.13. The minimum absolute atomic E-state index is 0.0425. The minimum Gasteiger partial charge on any atom is -0.495 e. The Morgan fingerprint density at radius 1 is 1.24 bits per heavy atom. The lowest BCUT2D eigenvalue weighted by Crippen LogP contribution is -2.43. The molecule has 156 valence electrons. The van der Waals surface area contributed by atoms with Crippen molar-refractivity contribution in [3.63, 3.8) is 0 Å². The predicted octanol–water partition coefficient (Wildman–Crippen LogP) is 3.44. The van der Waals surface area contributed by atoms with Gasteiger partial charge in [-0.2, -0.15) is 4.31 Å². The number of hydrogen-bond donors (Lipinski definition) is 1. The second-order valence-corrected chi connectivity index (χ2v) is 8.94. The molecule has 1 atom stereocenters. The van der Waals surface area contributed by atoms with Gasteiger partial charge in [-0.15, -0.1) is 0 Å². The fourth-order valence-corrected chi connectivity index (χ4v) is 5.13. The first kappa shape index (κ1) is 21.3. The van der Waals surface area contributed by atoms with Crippen molar-refractivity contribution in [2.24, 2.45) is 5.92 Å². The number of rotatable bonds is 6. The fourth-order valence-electron chi connectivity index (χ4n) is 3.43. The van der Waals surface area contributed by atoms with Gasteiger partial charge in [0.2, 0.25) is 15.9 Å². The smallest absolute Gasteiger partial charge is 0.246 e. The third-order valence-corrected chi connectivity index (χ3v) is 7.01. The van der Waals surface area contributed by atoms with E-state index in [1.807, 2.05) is 24.3 Å². The fraction of sp³-hybridized carbons (Fsp3) is 0.381. The molecule has 0 spiro atoms. The van der Waals surface area contributed by atoms with Crippen molar-refractivity contribution in [1.82, 2.24) is 4.31 Å². The molecular weight excluding hydrogens is 395 g/mol. The zero-order chi connectivity index (χ0) is 21.0. The van der Waals surface area contributed by atoms with Gasteiger partial charge in [0, 0.05) is 18.8 Å². The van der Waals surface area contributed by atoms with Gasteiger partial charge in [-0.25, -0.2) is 12.8 Å². The van der Waals surface area contributed by atoms with Crippen LogP contribution in [0.2, 0.25) is 0 Å². The summed E-state index contributed by atoms with van der Waals surface area (Å²) in [7, 11) is -2.65. The molecule has 0 aliphatic carbocycles. The molecule has 0 unspecified atom stereocenters. The molecule has 0 bridgehead atoms. The highest BCUT2D eigenvalue weighted by atomic mass is 32.2. The molecule has 1 heterocycles. The van der Waals surface area contributed by atoms with E-state index in [1.54, 1.807) is 0 Å². The maximum absolute atomic E-state index is 13.7. The van der Waals surface area contributed by atoms with E-state index >= 15 is 0 Å². The molecule has 0 radical (unpaired) electrons. The summed E-state index contributed by atoms with van der Waals surface area (Å²) < 4.78 is 46.1. The lowest BCUT2D eigenvalue weighted by molar-refractivity contribution is -0.120. The maximum atomic E-state index is 13.7. The molecule has 1 aliphatic heterocycles. The van der Waals surface area contributed by atoms with Gasteiger partial charge < -0.3 is 10.1 Å². The van der Waals surface area contributed by atoms with Crippen LogP contribution in [0.3, 0.4) is 0 Å². The number of anilines is 1. The standard InChI is InChI=1S/C21H25FN2O4S/c1-3-15-6-9-18(10-7-15)23-21(25)16-5-4-12-24(14-16)29(26,27)20-13-17(22)8-11-19(20)28-2/h6-11,13,16H,3-5,12,14H2,1-2H3,(H,23,25)/t16-/m1/s1. The number of aryl methyl sites for hydroxylation is 1. The summed E-state index contributed by atoms with van der Waals surface area (Å²) in [5.74, 6) is -1.29. The number of ether oxygens (including phenoxy) is 1. The van der Waals surface area contributed by atoms with Gasteiger partial charge in [0.25, 0.3) is 0 Å². The Labute approximate surface area is 170 Å². The molecule has 1 saturated heterocycles. The molecule has 1 amide bonds. The highest BCUT2D eigenvalue weighted by Crippen LogP contribution is 2.30. The number of halogens is 1. The molecule has 6 nitrogen and oxygen atoms in total. The number of nitrogens with zero attached hydrogens (tertiary/aromatic N) is 1. The van der Waals surface area contributed by atoms with Gasteiger partial charge in [-0.3, -0.25) is 4.79 Å². The summed E-state index contributed by atoms with van der Waals surface area (Å²) in [4.78, 5) is 12.5. The molecule has 1 aliphatic rings. The Morgan fingerprint density at radius 3 is 2.62 bits per heavy atom. The number of amides is 1. The van der Waals surface area contributed by atoms with E-state index in [-0.39, 0.29) is 29.6 Å². The van der Waals surface area contributed by atoms with E-state index < -0.39 is 21.8 Å². The van der Waals surface area contributed by atoms with Crippen molar-refractivity contribution in [1.29, 1.82) is 0 Å². The number of benzene rings is 2. The van der Waals surface area contributed by atoms with E-state index in [9.17, 15) is 17.6 Å². The average molecular weight is 421 g/mol. The zero-order valence-electron chi connectivity index (χ0n) is 16.5. The number of nitrogens with one attached hydrogen (secondary N) is 1. The molecule has 0 aromatic heterocycles. The Balaban J connectivity index is 1.75. The first-order valence-electron chi connectivity index (χ1n) is 9.58. The van der Waals surface area contributed by atoms with Gasteiger partial charge >= 0.3 is 0 Å². The molecule has 1 fully saturated rings. The number of piperidine rings is 1. The second-order valence-electron chi connectivity index (χ2n) is 7.04. The van der Waals surface area contributed by atoms with Crippen molar-refractivity contribution in [2.75, 3.05) is 25.5 Å². The van der Waals surface area contributed by atoms with Crippen LogP contribution in [-0.4, -0.2) is 38.8 Å². The zero-order valence-corrected chi connectivity index (χ0v) is 17.3.